The van der Waals surface area contributed by atoms with E-state index in [-0.39, 0.29) is 0 Å². The van der Waals surface area contributed by atoms with Crippen molar-refractivity contribution in [3.63, 3.8) is 0 Å². The van der Waals surface area contributed by atoms with E-state index in [0.29, 0.717) is 5.92 Å². The van der Waals surface area contributed by atoms with Crippen LogP contribution < -0.4 is 0 Å². The second kappa shape index (κ2) is 8.33. The van der Waals surface area contributed by atoms with Gasteiger partial charge in [-0.3, -0.25) is 0 Å². The summed E-state index contributed by atoms with van der Waals surface area (Å²) in [6.45, 7) is 3.64. The summed E-state index contributed by atoms with van der Waals surface area (Å²) in [6.07, 6.45) is 8.87. The van der Waals surface area contributed by atoms with Crippen molar-refractivity contribution in [3.05, 3.63) is 71.8 Å². The average molecular weight is 388 g/mol. The van der Waals surface area contributed by atoms with Crippen molar-refractivity contribution in [1.82, 2.24) is 0 Å². The molecule has 29 heavy (non-hydrogen) atoms. The molecule has 0 N–H and O–H groups in total. The predicted molar refractivity (Wildman–Crippen MR) is 119 cm³/mol. The average Bonchev–Trinajstić information content (AvgIpc) is 2.94. The molecule has 0 aromatic heterocycles. The molecule has 0 saturated carbocycles. The van der Waals surface area contributed by atoms with Gasteiger partial charge >= 0.3 is 0 Å². The minimum Gasteiger partial charge on any atom is -0.321 e. The van der Waals surface area contributed by atoms with E-state index >= 15 is 0 Å². The maximum atomic E-state index is 10.5. The van der Waals surface area contributed by atoms with Gasteiger partial charge in [-0.25, -0.2) is 0 Å². The number of piperidine rings is 1. The Bertz CT molecular complexity index is 782. The maximum Gasteiger partial charge on any atom is 0.107 e. The van der Waals surface area contributed by atoms with E-state index in [1.54, 1.807) is 0 Å². The van der Waals surface area contributed by atoms with Gasteiger partial charge in [-0.15, -0.1) is 0 Å². The van der Waals surface area contributed by atoms with Crippen molar-refractivity contribution in [3.8, 4) is 6.07 Å². The first-order chi connectivity index (χ1) is 14.1. The summed E-state index contributed by atoms with van der Waals surface area (Å²) in [6, 6.07) is 25.4. The summed E-state index contributed by atoms with van der Waals surface area (Å²) in [5.41, 5.74) is 1.75. The molecule has 2 heteroatoms. The van der Waals surface area contributed by atoms with Gasteiger partial charge in [0, 0.05) is 25.7 Å². The molecule has 2 unspecified atom stereocenters. The van der Waals surface area contributed by atoms with Gasteiger partial charge in [0.15, 0.2) is 0 Å². The minimum absolute atomic E-state index is 0.545. The summed E-state index contributed by atoms with van der Waals surface area (Å²) in [4.78, 5) is 0. The normalized spacial score (nSPS) is 28.8. The Morgan fingerprint density at radius 2 is 1.45 bits per heavy atom. The molecule has 0 spiro atoms. The lowest BCUT2D eigenvalue weighted by Gasteiger charge is -2.48. The molecule has 0 amide bonds. The second-order valence-electron chi connectivity index (χ2n) is 9.60. The van der Waals surface area contributed by atoms with E-state index in [1.807, 2.05) is 12.1 Å². The van der Waals surface area contributed by atoms with Gasteiger partial charge in [0.25, 0.3) is 0 Å². The number of quaternary nitrogens is 1. The highest BCUT2D eigenvalue weighted by Crippen LogP contribution is 2.48. The molecule has 2 aliphatic rings. The molecule has 2 aliphatic heterocycles. The summed E-state index contributed by atoms with van der Waals surface area (Å²) in [7, 11) is 2.51. The second-order valence-corrected chi connectivity index (χ2v) is 9.60. The first-order valence-electron chi connectivity index (χ1n) is 11.5. The van der Waals surface area contributed by atoms with Gasteiger partial charge in [0.2, 0.25) is 0 Å². The highest BCUT2D eigenvalue weighted by atomic mass is 15.4. The predicted octanol–water partition coefficient (Wildman–Crippen LogP) is 6.07. The number of hydrogen-bond donors (Lipinski definition) is 0. The first-order valence-corrected chi connectivity index (χ1v) is 11.5. The third kappa shape index (κ3) is 3.62. The van der Waals surface area contributed by atoms with E-state index in [4.69, 9.17) is 0 Å². The zero-order valence-electron chi connectivity index (χ0n) is 18.1. The number of fused-ring (bicyclic) bond motifs is 2. The molecule has 152 valence electrons. The van der Waals surface area contributed by atoms with Gasteiger partial charge in [-0.2, -0.15) is 5.26 Å². The SMILES string of the molecule is CCCC[N+]1(C)C2CCC1CC(CC(C#N)(c1ccccc1)c1ccccc1)C2. The Morgan fingerprint density at radius 1 is 0.931 bits per heavy atom. The number of rotatable bonds is 7. The number of nitrogens with zero attached hydrogens (tertiary/aromatic N) is 2. The fraction of sp³-hybridized carbons (Fsp3) is 0.519. The van der Waals surface area contributed by atoms with Crippen molar-refractivity contribution in [2.45, 2.75) is 69.4 Å². The zero-order chi connectivity index (χ0) is 20.3. The summed E-state index contributed by atoms with van der Waals surface area (Å²) >= 11 is 0. The number of unbranched alkanes of at least 4 members (excludes halogenated alkanes) is 1. The standard InChI is InChI=1S/C27H35N2/c1-3-4-17-29(2)25-15-16-26(29)19-22(18-25)20-27(21-28,23-11-7-5-8-12-23)24-13-9-6-10-14-24/h5-14,22,25-26H,3-4,15-20H2,1-2H3/q+1. The topological polar surface area (TPSA) is 23.8 Å². The molecule has 2 bridgehead atoms. The molecule has 2 nitrogen and oxygen atoms in total. The van der Waals surface area contributed by atoms with E-state index in [1.165, 1.54) is 49.6 Å². The van der Waals surface area contributed by atoms with Crippen LogP contribution in [0.25, 0.3) is 0 Å². The number of nitriles is 1. The number of benzene rings is 2. The van der Waals surface area contributed by atoms with Crippen LogP contribution in [0.1, 0.15) is 63.0 Å². The van der Waals surface area contributed by atoms with Crippen molar-refractivity contribution < 1.29 is 4.48 Å². The Morgan fingerprint density at radius 3 is 1.90 bits per heavy atom. The van der Waals surface area contributed by atoms with E-state index < -0.39 is 5.41 Å². The van der Waals surface area contributed by atoms with E-state index in [9.17, 15) is 5.26 Å². The van der Waals surface area contributed by atoms with Crippen LogP contribution in [0.5, 0.6) is 0 Å². The molecule has 2 fully saturated rings. The van der Waals surface area contributed by atoms with Crippen molar-refractivity contribution >= 4 is 0 Å². The van der Waals surface area contributed by atoms with Gasteiger partial charge in [0.05, 0.1) is 31.7 Å². The molecule has 2 aromatic rings. The maximum absolute atomic E-state index is 10.5. The lowest BCUT2D eigenvalue weighted by Crippen LogP contribution is -2.58. The van der Waals surface area contributed by atoms with Gasteiger partial charge in [0.1, 0.15) is 5.41 Å². The first kappa shape index (κ1) is 20.2. The Labute approximate surface area is 176 Å². The molecule has 0 aliphatic carbocycles. The lowest BCUT2D eigenvalue weighted by atomic mass is 9.67. The van der Waals surface area contributed by atoms with Crippen LogP contribution in [-0.2, 0) is 5.41 Å². The molecule has 2 heterocycles. The fourth-order valence-corrected chi connectivity index (χ4v) is 6.34. The van der Waals surface area contributed by atoms with E-state index in [0.717, 1.165) is 29.6 Å². The van der Waals surface area contributed by atoms with Gasteiger partial charge < -0.3 is 4.48 Å². The lowest BCUT2D eigenvalue weighted by molar-refractivity contribution is -0.949. The molecule has 0 radical (unpaired) electrons. The van der Waals surface area contributed by atoms with Crippen LogP contribution in [-0.4, -0.2) is 30.2 Å². The third-order valence-corrected chi connectivity index (χ3v) is 8.02. The van der Waals surface area contributed by atoms with Crippen LogP contribution in [0.2, 0.25) is 0 Å². The van der Waals surface area contributed by atoms with Crippen LogP contribution in [0, 0.1) is 17.2 Å². The van der Waals surface area contributed by atoms with Gasteiger partial charge in [-0.1, -0.05) is 74.0 Å². The molecule has 2 saturated heterocycles. The highest BCUT2D eigenvalue weighted by Gasteiger charge is 2.52. The van der Waals surface area contributed by atoms with Gasteiger partial charge in [-0.05, 0) is 29.9 Å². The number of hydrogen-bond acceptors (Lipinski definition) is 1. The molecular weight excluding hydrogens is 352 g/mol. The quantitative estimate of drug-likeness (QED) is 0.529. The zero-order valence-corrected chi connectivity index (χ0v) is 18.1. The third-order valence-electron chi connectivity index (χ3n) is 8.02. The fourth-order valence-electron chi connectivity index (χ4n) is 6.34. The van der Waals surface area contributed by atoms with E-state index in [2.05, 4.69) is 68.6 Å². The van der Waals surface area contributed by atoms with Crippen LogP contribution >= 0.6 is 0 Å². The Balaban J connectivity index is 1.63. The Kier molecular flexibility index (Phi) is 5.79. The summed E-state index contributed by atoms with van der Waals surface area (Å²) in [5.74, 6) is 0.625. The Hall–Kier alpha value is -2.11. The van der Waals surface area contributed by atoms with Crippen molar-refractivity contribution in [2.75, 3.05) is 13.6 Å². The van der Waals surface area contributed by atoms with Crippen molar-refractivity contribution in [1.29, 1.82) is 5.26 Å². The summed E-state index contributed by atoms with van der Waals surface area (Å²) in [5, 5.41) is 10.5. The monoisotopic (exact) mass is 387 g/mol. The van der Waals surface area contributed by atoms with Crippen LogP contribution in [0.15, 0.2) is 60.7 Å². The molecule has 2 aromatic carbocycles. The minimum atomic E-state index is -0.545. The highest BCUT2D eigenvalue weighted by molar-refractivity contribution is 5.45. The molecular formula is C27H35N2+. The smallest absolute Gasteiger partial charge is 0.107 e. The van der Waals surface area contributed by atoms with Crippen molar-refractivity contribution in [2.24, 2.45) is 5.92 Å². The molecule has 2 atom stereocenters. The van der Waals surface area contributed by atoms with Crippen LogP contribution in [0.4, 0.5) is 0 Å². The molecule has 4 rings (SSSR count). The largest absolute Gasteiger partial charge is 0.321 e. The summed E-state index contributed by atoms with van der Waals surface area (Å²) < 4.78 is 1.29. The van der Waals surface area contributed by atoms with Crippen LogP contribution in [0.3, 0.4) is 0 Å².